The Morgan fingerprint density at radius 3 is 2.59 bits per heavy atom. The maximum Gasteiger partial charge on any atom is 0.333 e. The lowest BCUT2D eigenvalue weighted by atomic mass is 10.1. The van der Waals surface area contributed by atoms with E-state index in [0.717, 1.165) is 48.5 Å². The second kappa shape index (κ2) is 7.71. The van der Waals surface area contributed by atoms with E-state index in [9.17, 15) is 13.2 Å². The van der Waals surface area contributed by atoms with E-state index in [0.29, 0.717) is 5.69 Å². The third kappa shape index (κ3) is 4.17. The fourth-order valence-electron chi connectivity index (χ4n) is 3.40. The number of aromatic nitrogens is 2. The van der Waals surface area contributed by atoms with Gasteiger partial charge in [0.05, 0.1) is 16.3 Å². The highest BCUT2D eigenvalue weighted by Gasteiger charge is 2.20. The molecule has 3 aromatic rings. The fraction of sp³-hybridized carbons (Fsp3) is 0.238. The van der Waals surface area contributed by atoms with Gasteiger partial charge in [-0.05, 0) is 38.0 Å². The molecule has 150 valence electrons. The van der Waals surface area contributed by atoms with Crippen LogP contribution >= 0.6 is 0 Å². The van der Waals surface area contributed by atoms with Crippen molar-refractivity contribution in [1.82, 2.24) is 14.3 Å². The second-order valence-corrected chi connectivity index (χ2v) is 8.79. The van der Waals surface area contributed by atoms with Gasteiger partial charge in [-0.25, -0.2) is 22.9 Å². The summed E-state index contributed by atoms with van der Waals surface area (Å²) < 4.78 is 29.1. The molecule has 0 fully saturated rings. The van der Waals surface area contributed by atoms with Crippen LogP contribution in [0.5, 0.6) is 0 Å². The molecule has 4 rings (SSSR count). The molecule has 0 spiro atoms. The van der Waals surface area contributed by atoms with Crippen molar-refractivity contribution < 1.29 is 13.2 Å². The number of urea groups is 1. The van der Waals surface area contributed by atoms with Gasteiger partial charge in [0.2, 0.25) is 0 Å². The van der Waals surface area contributed by atoms with Gasteiger partial charge in [0, 0.05) is 24.7 Å². The van der Waals surface area contributed by atoms with Crippen molar-refractivity contribution >= 4 is 21.7 Å². The number of hydrogen-bond donors (Lipinski definition) is 2. The van der Waals surface area contributed by atoms with Crippen molar-refractivity contribution in [3.63, 3.8) is 0 Å². The Labute approximate surface area is 169 Å². The SMILES string of the molecule is Cc1ccc(S(=O)(=O)NC(=O)Nc2ccccc2-c2cn3c(n2)CCCC3)cc1. The number of para-hydroxylation sites is 1. The van der Waals surface area contributed by atoms with Crippen LogP contribution in [0.4, 0.5) is 10.5 Å². The quantitative estimate of drug-likeness (QED) is 0.686. The van der Waals surface area contributed by atoms with E-state index in [1.807, 2.05) is 25.3 Å². The molecular weight excluding hydrogens is 388 g/mol. The maximum absolute atomic E-state index is 12.4. The second-order valence-electron chi connectivity index (χ2n) is 7.11. The molecule has 0 saturated carbocycles. The summed E-state index contributed by atoms with van der Waals surface area (Å²) in [6.45, 7) is 2.80. The number of aryl methyl sites for hydroxylation is 3. The van der Waals surface area contributed by atoms with Gasteiger partial charge in [0.1, 0.15) is 5.82 Å². The van der Waals surface area contributed by atoms with Crippen molar-refractivity contribution in [1.29, 1.82) is 0 Å². The minimum atomic E-state index is -3.96. The minimum Gasteiger partial charge on any atom is -0.334 e. The van der Waals surface area contributed by atoms with Gasteiger partial charge in [-0.3, -0.25) is 0 Å². The summed E-state index contributed by atoms with van der Waals surface area (Å²) in [7, 11) is -3.96. The van der Waals surface area contributed by atoms with Crippen LogP contribution in [0.15, 0.2) is 59.6 Å². The highest BCUT2D eigenvalue weighted by molar-refractivity contribution is 7.90. The zero-order valence-electron chi connectivity index (χ0n) is 16.1. The first kappa shape index (κ1) is 19.2. The summed E-state index contributed by atoms with van der Waals surface area (Å²) >= 11 is 0. The van der Waals surface area contributed by atoms with Crippen LogP contribution in [0.1, 0.15) is 24.2 Å². The molecule has 2 aromatic carbocycles. The number of carbonyl (C=O) groups excluding carboxylic acids is 1. The topological polar surface area (TPSA) is 93.1 Å². The number of nitrogens with zero attached hydrogens (tertiary/aromatic N) is 2. The molecule has 1 aliphatic rings. The summed E-state index contributed by atoms with van der Waals surface area (Å²) in [5.74, 6) is 1.03. The standard InChI is InChI=1S/C21H22N4O3S/c1-15-9-11-16(12-10-15)29(27,28)24-21(26)23-18-7-3-2-6-17(18)19-14-25-13-5-4-8-20(25)22-19/h2-3,6-7,9-12,14H,4-5,8,13H2,1H3,(H2,23,24,26). The van der Waals surface area contributed by atoms with E-state index in [-0.39, 0.29) is 4.90 Å². The van der Waals surface area contributed by atoms with Crippen LogP contribution in [0.25, 0.3) is 11.3 Å². The van der Waals surface area contributed by atoms with Crippen molar-refractivity contribution in [2.24, 2.45) is 0 Å². The van der Waals surface area contributed by atoms with Gasteiger partial charge in [-0.1, -0.05) is 35.9 Å². The molecule has 1 aromatic heterocycles. The first-order valence-electron chi connectivity index (χ1n) is 9.48. The lowest BCUT2D eigenvalue weighted by Gasteiger charge is -2.12. The molecule has 1 aliphatic heterocycles. The first-order chi connectivity index (χ1) is 13.9. The number of imidazole rings is 1. The molecule has 2 heterocycles. The Kier molecular flexibility index (Phi) is 5.10. The normalized spacial score (nSPS) is 13.6. The predicted molar refractivity (Wildman–Crippen MR) is 111 cm³/mol. The van der Waals surface area contributed by atoms with Gasteiger partial charge < -0.3 is 9.88 Å². The molecule has 0 atom stereocenters. The molecule has 0 saturated heterocycles. The van der Waals surface area contributed by atoms with Gasteiger partial charge in [0.15, 0.2) is 0 Å². The zero-order valence-corrected chi connectivity index (χ0v) is 16.9. The highest BCUT2D eigenvalue weighted by Crippen LogP contribution is 2.29. The Morgan fingerprint density at radius 2 is 1.83 bits per heavy atom. The fourth-order valence-corrected chi connectivity index (χ4v) is 4.31. The molecule has 2 N–H and O–H groups in total. The third-order valence-corrected chi connectivity index (χ3v) is 6.27. The van der Waals surface area contributed by atoms with Crippen molar-refractivity contribution in [3.8, 4) is 11.3 Å². The van der Waals surface area contributed by atoms with E-state index in [4.69, 9.17) is 4.98 Å². The molecule has 29 heavy (non-hydrogen) atoms. The number of sulfonamides is 1. The van der Waals surface area contributed by atoms with Crippen molar-refractivity contribution in [3.05, 3.63) is 66.1 Å². The average molecular weight is 410 g/mol. The Hall–Kier alpha value is -3.13. The molecule has 0 bridgehead atoms. The molecule has 0 unspecified atom stereocenters. The lowest BCUT2D eigenvalue weighted by Crippen LogP contribution is -2.34. The van der Waals surface area contributed by atoms with E-state index in [1.54, 1.807) is 24.3 Å². The first-order valence-corrected chi connectivity index (χ1v) is 11.0. The van der Waals surface area contributed by atoms with E-state index < -0.39 is 16.1 Å². The molecule has 0 aliphatic carbocycles. The summed E-state index contributed by atoms with van der Waals surface area (Å²) in [4.78, 5) is 17.1. The minimum absolute atomic E-state index is 0.0355. The van der Waals surface area contributed by atoms with E-state index >= 15 is 0 Å². The monoisotopic (exact) mass is 410 g/mol. The van der Waals surface area contributed by atoms with Crippen molar-refractivity contribution in [2.75, 3.05) is 5.32 Å². The number of rotatable bonds is 4. The number of anilines is 1. The summed E-state index contributed by atoms with van der Waals surface area (Å²) in [6.07, 6.45) is 5.17. The molecule has 0 radical (unpaired) electrons. The molecule has 2 amide bonds. The number of carbonyl (C=O) groups is 1. The number of nitrogens with one attached hydrogen (secondary N) is 2. The Balaban J connectivity index is 1.55. The van der Waals surface area contributed by atoms with Gasteiger partial charge >= 0.3 is 6.03 Å². The summed E-state index contributed by atoms with van der Waals surface area (Å²) in [5, 5.41) is 2.65. The molecule has 8 heteroatoms. The molecular formula is C21H22N4O3S. The summed E-state index contributed by atoms with van der Waals surface area (Å²) in [6, 6.07) is 12.7. The lowest BCUT2D eigenvalue weighted by molar-refractivity contribution is 0.256. The van der Waals surface area contributed by atoms with Crippen LogP contribution in [-0.2, 0) is 23.0 Å². The van der Waals surface area contributed by atoms with Gasteiger partial charge in [0.25, 0.3) is 10.0 Å². The van der Waals surface area contributed by atoms with Crippen LogP contribution in [-0.4, -0.2) is 24.0 Å². The smallest absolute Gasteiger partial charge is 0.333 e. The van der Waals surface area contributed by atoms with E-state index in [1.165, 1.54) is 12.1 Å². The van der Waals surface area contributed by atoms with Crippen molar-refractivity contribution in [2.45, 2.75) is 37.6 Å². The van der Waals surface area contributed by atoms with E-state index in [2.05, 4.69) is 14.6 Å². The average Bonchev–Trinajstić information content (AvgIpc) is 3.12. The Morgan fingerprint density at radius 1 is 1.07 bits per heavy atom. The Bertz CT molecular complexity index is 1130. The third-order valence-electron chi connectivity index (χ3n) is 4.92. The van der Waals surface area contributed by atoms with Crippen LogP contribution in [0.3, 0.4) is 0 Å². The van der Waals surface area contributed by atoms with Crippen LogP contribution in [0.2, 0.25) is 0 Å². The molecule has 7 nitrogen and oxygen atoms in total. The van der Waals surface area contributed by atoms with Crippen LogP contribution < -0.4 is 10.0 Å². The number of amides is 2. The summed E-state index contributed by atoms with van der Waals surface area (Å²) in [5.41, 5.74) is 2.95. The number of fused-ring (bicyclic) bond motifs is 1. The maximum atomic E-state index is 12.4. The zero-order chi connectivity index (χ0) is 20.4. The highest BCUT2D eigenvalue weighted by atomic mass is 32.2. The van der Waals surface area contributed by atoms with Gasteiger partial charge in [-0.15, -0.1) is 0 Å². The number of hydrogen-bond acceptors (Lipinski definition) is 4. The largest absolute Gasteiger partial charge is 0.334 e. The van der Waals surface area contributed by atoms with Gasteiger partial charge in [-0.2, -0.15) is 0 Å². The number of benzene rings is 2. The van der Waals surface area contributed by atoms with Crippen LogP contribution in [0, 0.1) is 6.92 Å². The predicted octanol–water partition coefficient (Wildman–Crippen LogP) is 3.71.